The Kier molecular flexibility index (Phi) is 3.25. The van der Waals surface area contributed by atoms with Crippen LogP contribution in [0.15, 0.2) is 36.4 Å². The fourth-order valence-electron chi connectivity index (χ4n) is 2.84. The van der Waals surface area contributed by atoms with Gasteiger partial charge in [-0.3, -0.25) is 9.58 Å². The summed E-state index contributed by atoms with van der Waals surface area (Å²) >= 11 is 0. The Morgan fingerprint density at radius 1 is 1.32 bits per heavy atom. The van der Waals surface area contributed by atoms with Gasteiger partial charge in [0.15, 0.2) is 0 Å². The number of benzene rings is 1. The van der Waals surface area contributed by atoms with Crippen molar-refractivity contribution < 1.29 is 0 Å². The fraction of sp³-hybridized carbons (Fsp3) is 0.400. The largest absolute Gasteiger partial charge is 0.384 e. The lowest BCUT2D eigenvalue weighted by molar-refractivity contribution is 0.243. The molecule has 1 aromatic carbocycles. The molecule has 0 amide bonds. The van der Waals surface area contributed by atoms with Gasteiger partial charge in [-0.05, 0) is 24.9 Å². The molecule has 0 bridgehead atoms. The van der Waals surface area contributed by atoms with E-state index in [1.165, 1.54) is 18.4 Å². The number of aromatic nitrogens is 2. The normalized spacial score (nSPS) is 19.9. The van der Waals surface area contributed by atoms with Gasteiger partial charge >= 0.3 is 0 Å². The predicted octanol–water partition coefficient (Wildman–Crippen LogP) is 2.34. The summed E-state index contributed by atoms with van der Waals surface area (Å²) in [5, 5.41) is 4.53. The monoisotopic (exact) mass is 256 g/mol. The summed E-state index contributed by atoms with van der Waals surface area (Å²) in [4.78, 5) is 2.50. The van der Waals surface area contributed by atoms with E-state index in [4.69, 9.17) is 5.73 Å². The fourth-order valence-corrected chi connectivity index (χ4v) is 2.84. The molecule has 2 N–H and O–H groups in total. The van der Waals surface area contributed by atoms with Crippen molar-refractivity contribution in [1.82, 2.24) is 14.7 Å². The Morgan fingerprint density at radius 2 is 2.11 bits per heavy atom. The third-order valence-electron chi connectivity index (χ3n) is 3.87. The minimum Gasteiger partial charge on any atom is -0.384 e. The van der Waals surface area contributed by atoms with E-state index < -0.39 is 0 Å². The molecule has 4 heteroatoms. The van der Waals surface area contributed by atoms with E-state index in [9.17, 15) is 0 Å². The van der Waals surface area contributed by atoms with E-state index in [1.54, 1.807) is 4.68 Å². The van der Waals surface area contributed by atoms with Crippen molar-refractivity contribution in [3.63, 3.8) is 0 Å². The van der Waals surface area contributed by atoms with Crippen LogP contribution in [-0.2, 0) is 13.6 Å². The van der Waals surface area contributed by atoms with E-state index in [-0.39, 0.29) is 0 Å². The summed E-state index contributed by atoms with van der Waals surface area (Å²) in [6.45, 7) is 2.12. The van der Waals surface area contributed by atoms with Crippen LogP contribution in [0.25, 0.3) is 0 Å². The van der Waals surface area contributed by atoms with Crippen LogP contribution in [0, 0.1) is 0 Å². The molecule has 1 unspecified atom stereocenters. The van der Waals surface area contributed by atoms with Gasteiger partial charge in [-0.1, -0.05) is 30.3 Å². The van der Waals surface area contributed by atoms with Crippen molar-refractivity contribution in [3.05, 3.63) is 47.7 Å². The third-order valence-corrected chi connectivity index (χ3v) is 3.87. The molecule has 1 atom stereocenters. The average molecular weight is 256 g/mol. The molecule has 1 saturated heterocycles. The van der Waals surface area contributed by atoms with E-state index in [0.29, 0.717) is 6.04 Å². The van der Waals surface area contributed by atoms with Crippen LogP contribution in [0.1, 0.15) is 30.1 Å². The summed E-state index contributed by atoms with van der Waals surface area (Å²) in [5.74, 6) is 0.738. The Morgan fingerprint density at radius 3 is 2.79 bits per heavy atom. The number of hydrogen-bond donors (Lipinski definition) is 1. The van der Waals surface area contributed by atoms with Crippen molar-refractivity contribution in [2.75, 3.05) is 12.3 Å². The average Bonchev–Trinajstić information content (AvgIpc) is 2.99. The van der Waals surface area contributed by atoms with Crippen LogP contribution >= 0.6 is 0 Å². The first-order valence-electron chi connectivity index (χ1n) is 6.81. The molecule has 0 aliphatic carbocycles. The lowest BCUT2D eigenvalue weighted by Gasteiger charge is -2.22. The SMILES string of the molecule is Cn1nc(C2CCCN2Cc2ccccc2)cc1N. The van der Waals surface area contributed by atoms with Crippen molar-refractivity contribution in [2.45, 2.75) is 25.4 Å². The highest BCUT2D eigenvalue weighted by Crippen LogP contribution is 2.32. The van der Waals surface area contributed by atoms with Crippen molar-refractivity contribution >= 4 is 5.82 Å². The van der Waals surface area contributed by atoms with Crippen LogP contribution in [0.2, 0.25) is 0 Å². The van der Waals surface area contributed by atoms with E-state index in [1.807, 2.05) is 13.1 Å². The summed E-state index contributed by atoms with van der Waals surface area (Å²) in [5.41, 5.74) is 8.35. The van der Waals surface area contributed by atoms with Gasteiger partial charge in [-0.25, -0.2) is 0 Å². The maximum Gasteiger partial charge on any atom is 0.121 e. The second kappa shape index (κ2) is 5.05. The number of nitrogen functional groups attached to an aromatic ring is 1. The number of nitrogens with zero attached hydrogens (tertiary/aromatic N) is 3. The molecule has 0 saturated carbocycles. The maximum atomic E-state index is 5.89. The lowest BCUT2D eigenvalue weighted by Crippen LogP contribution is -2.23. The number of likely N-dealkylation sites (tertiary alicyclic amines) is 1. The smallest absolute Gasteiger partial charge is 0.121 e. The summed E-state index contributed by atoms with van der Waals surface area (Å²) in [6.07, 6.45) is 2.40. The van der Waals surface area contributed by atoms with Gasteiger partial charge < -0.3 is 5.73 Å². The zero-order valence-electron chi connectivity index (χ0n) is 11.3. The molecule has 1 aliphatic rings. The predicted molar refractivity (Wildman–Crippen MR) is 76.4 cm³/mol. The number of anilines is 1. The molecule has 2 heterocycles. The van der Waals surface area contributed by atoms with Gasteiger partial charge in [0.2, 0.25) is 0 Å². The Bertz CT molecular complexity index is 527. The van der Waals surface area contributed by atoms with Crippen molar-refractivity contribution in [3.8, 4) is 0 Å². The molecular formula is C15H20N4. The summed E-state index contributed by atoms with van der Waals surface area (Å²) in [6, 6.07) is 13.0. The van der Waals surface area contributed by atoms with Gasteiger partial charge in [0.25, 0.3) is 0 Å². The summed E-state index contributed by atoms with van der Waals surface area (Å²) < 4.78 is 1.76. The Hall–Kier alpha value is -1.81. The third kappa shape index (κ3) is 2.49. The Labute approximate surface area is 113 Å². The molecule has 0 spiro atoms. The molecule has 2 aromatic rings. The number of nitrogens with two attached hydrogens (primary N) is 1. The maximum absolute atomic E-state index is 5.89. The lowest BCUT2D eigenvalue weighted by atomic mass is 10.1. The Balaban J connectivity index is 1.78. The van der Waals surface area contributed by atoms with E-state index in [2.05, 4.69) is 40.3 Å². The molecule has 3 rings (SSSR count). The minimum absolute atomic E-state index is 0.406. The summed E-state index contributed by atoms with van der Waals surface area (Å²) in [7, 11) is 1.90. The van der Waals surface area contributed by atoms with Crippen molar-refractivity contribution in [1.29, 1.82) is 0 Å². The van der Waals surface area contributed by atoms with Crippen LogP contribution in [0.5, 0.6) is 0 Å². The van der Waals surface area contributed by atoms with Crippen molar-refractivity contribution in [2.24, 2.45) is 7.05 Å². The van der Waals surface area contributed by atoms with Gasteiger partial charge in [-0.2, -0.15) is 5.10 Å². The van der Waals surface area contributed by atoms with Gasteiger partial charge in [0.1, 0.15) is 5.82 Å². The standard InChI is InChI=1S/C15H20N4/c1-18-15(16)10-13(17-18)14-8-5-9-19(14)11-12-6-3-2-4-7-12/h2-4,6-7,10,14H,5,8-9,11,16H2,1H3. The first kappa shape index (κ1) is 12.2. The van der Waals surface area contributed by atoms with Crippen LogP contribution < -0.4 is 5.73 Å². The first-order chi connectivity index (χ1) is 9.24. The zero-order chi connectivity index (χ0) is 13.2. The molecule has 19 heavy (non-hydrogen) atoms. The first-order valence-corrected chi connectivity index (χ1v) is 6.81. The zero-order valence-corrected chi connectivity index (χ0v) is 11.3. The number of rotatable bonds is 3. The van der Waals surface area contributed by atoms with Crippen LogP contribution in [0.3, 0.4) is 0 Å². The van der Waals surface area contributed by atoms with Gasteiger partial charge in [0, 0.05) is 19.7 Å². The molecule has 1 aliphatic heterocycles. The minimum atomic E-state index is 0.406. The van der Waals surface area contributed by atoms with Gasteiger partial charge in [-0.15, -0.1) is 0 Å². The van der Waals surface area contributed by atoms with Gasteiger partial charge in [0.05, 0.1) is 11.7 Å². The molecule has 1 fully saturated rings. The molecular weight excluding hydrogens is 236 g/mol. The molecule has 1 aromatic heterocycles. The topological polar surface area (TPSA) is 47.1 Å². The highest BCUT2D eigenvalue weighted by atomic mass is 15.3. The van der Waals surface area contributed by atoms with Crippen LogP contribution in [-0.4, -0.2) is 21.2 Å². The van der Waals surface area contributed by atoms with E-state index >= 15 is 0 Å². The van der Waals surface area contributed by atoms with Crippen LogP contribution in [0.4, 0.5) is 5.82 Å². The van der Waals surface area contributed by atoms with E-state index in [0.717, 1.165) is 24.6 Å². The second-order valence-corrected chi connectivity index (χ2v) is 5.23. The number of aryl methyl sites for hydroxylation is 1. The highest BCUT2D eigenvalue weighted by molar-refractivity contribution is 5.32. The highest BCUT2D eigenvalue weighted by Gasteiger charge is 2.28. The molecule has 0 radical (unpaired) electrons. The number of hydrogen-bond acceptors (Lipinski definition) is 3. The second-order valence-electron chi connectivity index (χ2n) is 5.23. The molecule has 4 nitrogen and oxygen atoms in total. The molecule has 100 valence electrons. The quantitative estimate of drug-likeness (QED) is 0.917.